The summed E-state index contributed by atoms with van der Waals surface area (Å²) in [4.78, 5) is 0. The number of rotatable bonds is 0. The molecule has 0 N–H and O–H groups in total. The van der Waals surface area contributed by atoms with Gasteiger partial charge in [-0.3, -0.25) is 0 Å². The SMILES string of the molecule is F[C](F)(F)[SbH2]. The van der Waals surface area contributed by atoms with Crippen molar-refractivity contribution in [2.45, 2.75) is 4.12 Å². The second kappa shape index (κ2) is 1.37. The predicted molar refractivity (Wildman–Crippen MR) is 14.6 cm³/mol. The summed E-state index contributed by atoms with van der Waals surface area (Å²) in [5.41, 5.74) is 0. The molecular formula is CH2F3Sb. The van der Waals surface area contributed by atoms with Crippen LogP contribution in [0.2, 0.25) is 0 Å². The molecule has 0 fully saturated rings. The van der Waals surface area contributed by atoms with Gasteiger partial charge in [0.1, 0.15) is 0 Å². The van der Waals surface area contributed by atoms with Gasteiger partial charge in [-0.1, -0.05) is 0 Å². The zero-order valence-corrected chi connectivity index (χ0v) is 5.51. The van der Waals surface area contributed by atoms with Crippen molar-refractivity contribution in [3.63, 3.8) is 0 Å². The Kier molecular flexibility index (Phi) is 1.54. The van der Waals surface area contributed by atoms with Crippen LogP contribution >= 0.6 is 0 Å². The van der Waals surface area contributed by atoms with Gasteiger partial charge >= 0.3 is 40.3 Å². The zero-order valence-electron chi connectivity index (χ0n) is 2.21. The van der Waals surface area contributed by atoms with Crippen molar-refractivity contribution in [1.82, 2.24) is 0 Å². The van der Waals surface area contributed by atoms with E-state index in [1.54, 1.807) is 0 Å². The molecule has 0 unspecified atom stereocenters. The van der Waals surface area contributed by atoms with Gasteiger partial charge in [-0.15, -0.1) is 0 Å². The molecule has 0 heterocycles. The van der Waals surface area contributed by atoms with E-state index >= 15 is 0 Å². The molecule has 0 spiro atoms. The molecule has 0 aromatic rings. The van der Waals surface area contributed by atoms with E-state index in [1.807, 2.05) is 0 Å². The molecule has 0 atom stereocenters. The van der Waals surface area contributed by atoms with Crippen LogP contribution in [-0.4, -0.2) is 27.1 Å². The molecule has 0 aromatic carbocycles. The first-order valence-corrected chi connectivity index (χ1v) is 2.50. The predicted octanol–water partition coefficient (Wildman–Crippen LogP) is 0.139. The third-order valence-corrected chi connectivity index (χ3v) is 0. The van der Waals surface area contributed by atoms with Gasteiger partial charge in [-0.2, -0.15) is 0 Å². The Hall–Kier alpha value is 0.608. The molecule has 0 saturated heterocycles. The molecule has 0 aliphatic carbocycles. The number of halogens is 3. The Bertz CT molecular complexity index is 22.4. The topological polar surface area (TPSA) is 0 Å². The van der Waals surface area contributed by atoms with Crippen LogP contribution in [0.15, 0.2) is 0 Å². The molecule has 4 heteroatoms. The van der Waals surface area contributed by atoms with Crippen LogP contribution in [-0.2, 0) is 0 Å². The summed E-state index contributed by atoms with van der Waals surface area (Å²) in [6.07, 6.45) is 0. The van der Waals surface area contributed by atoms with E-state index < -0.39 is 27.1 Å². The van der Waals surface area contributed by atoms with Crippen LogP contribution in [0.25, 0.3) is 0 Å². The minimum atomic E-state index is -3.87. The summed E-state index contributed by atoms with van der Waals surface area (Å²) >= 11 is -0.636. The number of hydrogen-bond acceptors (Lipinski definition) is 0. The first-order chi connectivity index (χ1) is 2.00. The van der Waals surface area contributed by atoms with Gasteiger partial charge in [-0.25, -0.2) is 0 Å². The molecule has 0 aromatic heterocycles. The third-order valence-electron chi connectivity index (χ3n) is 0. The standard InChI is InChI=1S/CF3.Sb.2H/c2-1(3)4;;;. The minimum absolute atomic E-state index is 0.636. The first kappa shape index (κ1) is 5.61. The first-order valence-electron chi connectivity index (χ1n) is 0.856. The van der Waals surface area contributed by atoms with Gasteiger partial charge in [0.2, 0.25) is 0 Å². The number of hydrogen-bond donors (Lipinski definition) is 0. The normalized spacial score (nSPS) is 12.0. The molecule has 32 valence electrons. The van der Waals surface area contributed by atoms with Crippen LogP contribution in [0.3, 0.4) is 0 Å². The molecule has 0 aliphatic rings. The van der Waals surface area contributed by atoms with Crippen LogP contribution in [0.4, 0.5) is 13.2 Å². The Labute approximate surface area is 40.8 Å². The Balaban J connectivity index is 3.02. The molecule has 0 amide bonds. The quantitative estimate of drug-likeness (QED) is 0.480. The van der Waals surface area contributed by atoms with Crippen molar-refractivity contribution >= 4 is 23.0 Å². The van der Waals surface area contributed by atoms with Crippen LogP contribution in [0.5, 0.6) is 0 Å². The number of alkyl halides is 3. The summed E-state index contributed by atoms with van der Waals surface area (Å²) < 4.78 is 27.4. The Morgan fingerprint density at radius 3 is 1.20 bits per heavy atom. The Morgan fingerprint density at radius 1 is 1.20 bits per heavy atom. The summed E-state index contributed by atoms with van der Waals surface area (Å²) in [6, 6.07) is 0. The second-order valence-electron chi connectivity index (χ2n) is 0.542. The third kappa shape index (κ3) is 84.7. The van der Waals surface area contributed by atoms with E-state index in [4.69, 9.17) is 0 Å². The monoisotopic (exact) mass is 192 g/mol. The van der Waals surface area contributed by atoms with Gasteiger partial charge in [0, 0.05) is 0 Å². The molecular weight excluding hydrogens is 191 g/mol. The molecule has 5 heavy (non-hydrogen) atoms. The Morgan fingerprint density at radius 2 is 1.20 bits per heavy atom. The van der Waals surface area contributed by atoms with E-state index in [9.17, 15) is 13.2 Å². The average molecular weight is 193 g/mol. The maximum absolute atomic E-state index is 10.4. The summed E-state index contributed by atoms with van der Waals surface area (Å²) in [6.45, 7) is 0. The molecule has 0 rings (SSSR count). The zero-order chi connectivity index (χ0) is 4.50. The molecule has 0 aliphatic heterocycles. The molecule has 0 nitrogen and oxygen atoms in total. The van der Waals surface area contributed by atoms with Crippen LogP contribution in [0.1, 0.15) is 0 Å². The van der Waals surface area contributed by atoms with E-state index in [1.165, 1.54) is 0 Å². The van der Waals surface area contributed by atoms with Gasteiger partial charge in [-0.05, 0) is 0 Å². The van der Waals surface area contributed by atoms with E-state index in [0.717, 1.165) is 0 Å². The van der Waals surface area contributed by atoms with Crippen LogP contribution < -0.4 is 0 Å². The molecule has 0 saturated carbocycles. The van der Waals surface area contributed by atoms with E-state index in [-0.39, 0.29) is 0 Å². The molecule has 0 bridgehead atoms. The van der Waals surface area contributed by atoms with Crippen molar-refractivity contribution < 1.29 is 13.2 Å². The average Bonchev–Trinajstić information content (AvgIpc) is 0.722. The van der Waals surface area contributed by atoms with Gasteiger partial charge in [0.15, 0.2) is 0 Å². The van der Waals surface area contributed by atoms with Gasteiger partial charge < -0.3 is 0 Å². The second-order valence-corrected chi connectivity index (χ2v) is 2.41. The van der Waals surface area contributed by atoms with Gasteiger partial charge in [0.25, 0.3) is 0 Å². The van der Waals surface area contributed by atoms with E-state index in [2.05, 4.69) is 0 Å². The fourth-order valence-corrected chi connectivity index (χ4v) is 0. The van der Waals surface area contributed by atoms with Crippen molar-refractivity contribution in [1.29, 1.82) is 0 Å². The summed E-state index contributed by atoms with van der Waals surface area (Å²) in [5, 5.41) is 0. The fraction of sp³-hybridized carbons (Fsp3) is 1.00. The van der Waals surface area contributed by atoms with Crippen molar-refractivity contribution in [3.05, 3.63) is 0 Å². The van der Waals surface area contributed by atoms with Crippen molar-refractivity contribution in [2.75, 3.05) is 0 Å². The fourth-order valence-electron chi connectivity index (χ4n) is 0. The molecule has 0 radical (unpaired) electrons. The van der Waals surface area contributed by atoms with Crippen molar-refractivity contribution in [2.24, 2.45) is 0 Å². The van der Waals surface area contributed by atoms with Gasteiger partial charge in [0.05, 0.1) is 0 Å². The maximum atomic E-state index is 10.4. The van der Waals surface area contributed by atoms with Crippen LogP contribution in [0, 0.1) is 0 Å². The summed E-state index contributed by atoms with van der Waals surface area (Å²) in [5.74, 6) is 0. The van der Waals surface area contributed by atoms with Crippen molar-refractivity contribution in [3.8, 4) is 0 Å². The summed E-state index contributed by atoms with van der Waals surface area (Å²) in [7, 11) is 0. The van der Waals surface area contributed by atoms with E-state index in [0.29, 0.717) is 0 Å².